The van der Waals surface area contributed by atoms with Crippen LogP contribution in [0.25, 0.3) is 10.9 Å². The van der Waals surface area contributed by atoms with Crippen molar-refractivity contribution in [2.45, 2.75) is 25.9 Å². The second-order valence-corrected chi connectivity index (χ2v) is 11.6. The number of para-hydroxylation sites is 1. The van der Waals surface area contributed by atoms with Crippen molar-refractivity contribution in [3.63, 3.8) is 0 Å². The zero-order valence-corrected chi connectivity index (χ0v) is 25.1. The highest BCUT2D eigenvalue weighted by Crippen LogP contribution is 2.31. The Hall–Kier alpha value is -3.98. The SMILES string of the molecule is COc1ccc(Cl)cc1NC(=O)CN1CCc2nc3ccccc3c(C(=O)N3CCCN(Cc4ccccc4)CC3)c2C1. The Balaban J connectivity index is 1.21. The van der Waals surface area contributed by atoms with Crippen molar-refractivity contribution < 1.29 is 14.3 Å². The molecule has 222 valence electrons. The van der Waals surface area contributed by atoms with E-state index in [0.717, 1.165) is 53.8 Å². The first kappa shape index (κ1) is 29.1. The molecule has 3 heterocycles. The molecule has 0 unspecified atom stereocenters. The summed E-state index contributed by atoms with van der Waals surface area (Å²) in [6.07, 6.45) is 1.59. The molecule has 43 heavy (non-hydrogen) atoms. The maximum atomic E-state index is 14.3. The van der Waals surface area contributed by atoms with Gasteiger partial charge in [-0.15, -0.1) is 0 Å². The first-order valence-electron chi connectivity index (χ1n) is 14.8. The molecule has 3 aromatic carbocycles. The molecule has 8 nitrogen and oxygen atoms in total. The number of pyridine rings is 1. The molecular formula is C34H36ClN5O3. The molecule has 6 rings (SSSR count). The van der Waals surface area contributed by atoms with Crippen molar-refractivity contribution in [2.75, 3.05) is 51.7 Å². The highest BCUT2D eigenvalue weighted by molar-refractivity contribution is 6.31. The average Bonchev–Trinajstić information content (AvgIpc) is 3.26. The third kappa shape index (κ3) is 6.67. The molecule has 0 bridgehead atoms. The summed E-state index contributed by atoms with van der Waals surface area (Å²) in [6.45, 7) is 5.36. The van der Waals surface area contributed by atoms with E-state index >= 15 is 0 Å². The van der Waals surface area contributed by atoms with Gasteiger partial charge in [0.25, 0.3) is 5.91 Å². The quantitative estimate of drug-likeness (QED) is 0.314. The highest BCUT2D eigenvalue weighted by atomic mass is 35.5. The van der Waals surface area contributed by atoms with Crippen LogP contribution in [0.1, 0.15) is 33.6 Å². The summed E-state index contributed by atoms with van der Waals surface area (Å²) in [5.41, 5.74) is 5.24. The Kier molecular flexibility index (Phi) is 8.88. The van der Waals surface area contributed by atoms with Gasteiger partial charge in [-0.25, -0.2) is 0 Å². The molecule has 1 aromatic heterocycles. The molecule has 1 N–H and O–H groups in total. The summed E-state index contributed by atoms with van der Waals surface area (Å²) < 4.78 is 5.38. The van der Waals surface area contributed by atoms with Gasteiger partial charge in [0.1, 0.15) is 5.75 Å². The topological polar surface area (TPSA) is 78.0 Å². The Morgan fingerprint density at radius 1 is 0.930 bits per heavy atom. The van der Waals surface area contributed by atoms with Crippen LogP contribution in [0, 0.1) is 0 Å². The Bertz CT molecular complexity index is 1630. The summed E-state index contributed by atoms with van der Waals surface area (Å²) >= 11 is 6.16. The van der Waals surface area contributed by atoms with Crippen LogP contribution in [0.5, 0.6) is 5.75 Å². The fourth-order valence-corrected chi connectivity index (χ4v) is 6.30. The van der Waals surface area contributed by atoms with Gasteiger partial charge in [-0.1, -0.05) is 60.1 Å². The van der Waals surface area contributed by atoms with Gasteiger partial charge in [-0.05, 0) is 36.2 Å². The fourth-order valence-electron chi connectivity index (χ4n) is 6.13. The molecule has 1 saturated heterocycles. The second-order valence-electron chi connectivity index (χ2n) is 11.2. The van der Waals surface area contributed by atoms with Crippen LogP contribution in [0.2, 0.25) is 5.02 Å². The number of anilines is 1. The number of benzene rings is 3. The molecule has 0 atom stereocenters. The molecule has 2 aliphatic rings. The van der Waals surface area contributed by atoms with Gasteiger partial charge < -0.3 is 15.0 Å². The molecule has 0 radical (unpaired) electrons. The van der Waals surface area contributed by atoms with E-state index in [1.54, 1.807) is 25.3 Å². The van der Waals surface area contributed by atoms with Crippen molar-refractivity contribution in [3.8, 4) is 5.75 Å². The normalized spacial score (nSPS) is 16.0. The van der Waals surface area contributed by atoms with Crippen molar-refractivity contribution in [3.05, 3.63) is 100 Å². The van der Waals surface area contributed by atoms with E-state index in [9.17, 15) is 9.59 Å². The lowest BCUT2D eigenvalue weighted by Gasteiger charge is -2.31. The van der Waals surface area contributed by atoms with Gasteiger partial charge in [0.2, 0.25) is 5.91 Å². The fraction of sp³-hybridized carbons (Fsp3) is 0.324. The predicted octanol–water partition coefficient (Wildman–Crippen LogP) is 5.24. The van der Waals surface area contributed by atoms with Crippen molar-refractivity contribution in [1.82, 2.24) is 19.7 Å². The third-order valence-corrected chi connectivity index (χ3v) is 8.50. The molecule has 4 aromatic rings. The van der Waals surface area contributed by atoms with E-state index in [-0.39, 0.29) is 18.4 Å². The Morgan fingerprint density at radius 3 is 2.58 bits per heavy atom. The highest BCUT2D eigenvalue weighted by Gasteiger charge is 2.30. The number of aromatic nitrogens is 1. The molecule has 9 heteroatoms. The van der Waals surface area contributed by atoms with E-state index < -0.39 is 0 Å². The number of carbonyl (C=O) groups is 2. The van der Waals surface area contributed by atoms with Crippen molar-refractivity contribution in [1.29, 1.82) is 0 Å². The number of nitrogens with zero attached hydrogens (tertiary/aromatic N) is 4. The number of hydrogen-bond acceptors (Lipinski definition) is 6. The van der Waals surface area contributed by atoms with Crippen molar-refractivity contribution in [2.24, 2.45) is 0 Å². The van der Waals surface area contributed by atoms with Gasteiger partial charge >= 0.3 is 0 Å². The summed E-state index contributed by atoms with van der Waals surface area (Å²) in [4.78, 5) is 38.9. The lowest BCUT2D eigenvalue weighted by Crippen LogP contribution is -2.40. The van der Waals surface area contributed by atoms with Gasteiger partial charge in [0.05, 0.1) is 30.4 Å². The molecule has 2 aliphatic heterocycles. The smallest absolute Gasteiger partial charge is 0.254 e. The Morgan fingerprint density at radius 2 is 1.74 bits per heavy atom. The summed E-state index contributed by atoms with van der Waals surface area (Å²) in [5.74, 6) is 0.424. The maximum Gasteiger partial charge on any atom is 0.254 e. The average molecular weight is 598 g/mol. The van der Waals surface area contributed by atoms with Gasteiger partial charge in [0, 0.05) is 73.9 Å². The molecule has 0 aliphatic carbocycles. The van der Waals surface area contributed by atoms with Crippen LogP contribution in [-0.4, -0.2) is 77.9 Å². The van der Waals surface area contributed by atoms with E-state index in [0.29, 0.717) is 49.1 Å². The van der Waals surface area contributed by atoms with Gasteiger partial charge in [-0.2, -0.15) is 0 Å². The number of carbonyl (C=O) groups excluding carboxylic acids is 2. The molecular weight excluding hydrogens is 562 g/mol. The number of hydrogen-bond donors (Lipinski definition) is 1. The molecule has 0 saturated carbocycles. The van der Waals surface area contributed by atoms with Crippen molar-refractivity contribution >= 4 is 40.0 Å². The van der Waals surface area contributed by atoms with E-state index in [4.69, 9.17) is 21.3 Å². The van der Waals surface area contributed by atoms with Gasteiger partial charge in [-0.3, -0.25) is 24.4 Å². The van der Waals surface area contributed by atoms with E-state index in [2.05, 4.69) is 39.4 Å². The first-order valence-corrected chi connectivity index (χ1v) is 15.2. The van der Waals surface area contributed by atoms with Crippen LogP contribution < -0.4 is 10.1 Å². The summed E-state index contributed by atoms with van der Waals surface area (Å²) in [5, 5.41) is 4.32. The number of ether oxygens (including phenoxy) is 1. The first-order chi connectivity index (χ1) is 21.0. The predicted molar refractivity (Wildman–Crippen MR) is 170 cm³/mol. The van der Waals surface area contributed by atoms with Crippen LogP contribution in [-0.2, 0) is 24.3 Å². The van der Waals surface area contributed by atoms with Crippen LogP contribution in [0.3, 0.4) is 0 Å². The van der Waals surface area contributed by atoms with Crippen LogP contribution in [0.4, 0.5) is 5.69 Å². The number of amides is 2. The largest absolute Gasteiger partial charge is 0.495 e. The van der Waals surface area contributed by atoms with Gasteiger partial charge in [0.15, 0.2) is 0 Å². The summed E-state index contributed by atoms with van der Waals surface area (Å²) in [7, 11) is 1.56. The number of fused-ring (bicyclic) bond motifs is 2. The molecule has 0 spiro atoms. The molecule has 2 amide bonds. The van der Waals surface area contributed by atoms with Crippen LogP contribution in [0.15, 0.2) is 72.8 Å². The minimum Gasteiger partial charge on any atom is -0.495 e. The van der Waals surface area contributed by atoms with Crippen LogP contribution >= 0.6 is 11.6 Å². The Labute approximate surface area is 257 Å². The summed E-state index contributed by atoms with van der Waals surface area (Å²) in [6, 6.07) is 23.5. The number of halogens is 1. The monoisotopic (exact) mass is 597 g/mol. The lowest BCUT2D eigenvalue weighted by atomic mass is 9.94. The number of methoxy groups -OCH3 is 1. The zero-order valence-electron chi connectivity index (χ0n) is 24.4. The number of nitrogens with one attached hydrogen (secondary N) is 1. The standard InChI is InChI=1S/C34H36ClN5O3/c1-43-31-13-12-25(35)20-30(31)37-32(41)23-39-17-14-29-27(22-39)33(26-10-5-6-11-28(26)36-29)34(42)40-16-7-15-38(18-19-40)21-24-8-3-2-4-9-24/h2-6,8-13,20H,7,14-19,21-23H2,1H3,(H,37,41). The lowest BCUT2D eigenvalue weighted by molar-refractivity contribution is -0.117. The minimum atomic E-state index is -0.170. The maximum absolute atomic E-state index is 14.3. The zero-order chi connectivity index (χ0) is 29.8. The van der Waals surface area contributed by atoms with E-state index in [1.165, 1.54) is 5.56 Å². The minimum absolute atomic E-state index is 0.0476. The second kappa shape index (κ2) is 13.1. The molecule has 1 fully saturated rings. The number of rotatable bonds is 7. The third-order valence-electron chi connectivity index (χ3n) is 8.27. The van der Waals surface area contributed by atoms with E-state index in [1.807, 2.05) is 35.2 Å².